The number of aliphatic carboxylic acids is 2. The van der Waals surface area contributed by atoms with Gasteiger partial charge in [0.25, 0.3) is 0 Å². The number of fused-ring (bicyclic) bond motifs is 2. The van der Waals surface area contributed by atoms with Crippen molar-refractivity contribution in [3.8, 4) is 0 Å². The van der Waals surface area contributed by atoms with Crippen molar-refractivity contribution in [3.63, 3.8) is 0 Å². The van der Waals surface area contributed by atoms with Crippen molar-refractivity contribution in [2.45, 2.75) is 37.5 Å². The molecule has 2 aromatic carbocycles. The smallest absolute Gasteiger partial charge is 0.310 e. The van der Waals surface area contributed by atoms with Gasteiger partial charge in [-0.2, -0.15) is 0 Å². The van der Waals surface area contributed by atoms with E-state index in [-0.39, 0.29) is 39.1 Å². The zero-order valence-corrected chi connectivity index (χ0v) is 18.1. The van der Waals surface area contributed by atoms with Crippen molar-refractivity contribution in [3.05, 3.63) is 70.8 Å². The van der Waals surface area contributed by atoms with Gasteiger partial charge in [-0.05, 0) is 47.9 Å². The van der Waals surface area contributed by atoms with Crippen molar-refractivity contribution in [1.29, 1.82) is 0 Å². The summed E-state index contributed by atoms with van der Waals surface area (Å²) in [7, 11) is 0. The van der Waals surface area contributed by atoms with Crippen LogP contribution in [0.4, 0.5) is 0 Å². The van der Waals surface area contributed by atoms with Crippen LogP contribution in [0.15, 0.2) is 48.5 Å². The van der Waals surface area contributed by atoms with Crippen LogP contribution in [-0.4, -0.2) is 22.2 Å². The van der Waals surface area contributed by atoms with E-state index in [1.165, 1.54) is 11.1 Å². The number of hydrogen-bond acceptors (Lipinski definition) is 2. The number of hydrogen-bond donors (Lipinski definition) is 2. The second-order valence-electron chi connectivity index (χ2n) is 6.26. The minimum absolute atomic E-state index is 0. The van der Waals surface area contributed by atoms with Crippen LogP contribution >= 0.6 is 0 Å². The molecular weight excluding hydrogens is 417 g/mol. The first-order chi connectivity index (χ1) is 11.6. The van der Waals surface area contributed by atoms with E-state index in [4.69, 9.17) is 10.2 Å². The van der Waals surface area contributed by atoms with Gasteiger partial charge in [0.15, 0.2) is 0 Å². The summed E-state index contributed by atoms with van der Waals surface area (Å²) in [5, 5.41) is 17.7. The second-order valence-corrected chi connectivity index (χ2v) is 6.26. The fraction of sp³-hybridized carbons (Fsp3) is 0.300. The Balaban J connectivity index is 0.000000173. The van der Waals surface area contributed by atoms with Gasteiger partial charge < -0.3 is 10.2 Å². The predicted octanol–water partition coefficient (Wildman–Crippen LogP) is 3.60. The third-order valence-corrected chi connectivity index (χ3v) is 4.86. The van der Waals surface area contributed by atoms with E-state index in [9.17, 15) is 9.59 Å². The standard InChI is InChI=1S/2C10H10O2.Cd/c2*11-10(12)9-6-5-7-3-1-2-4-8(7)9;/h2*1-4,9H,5-6H2,(H,11,12);. The summed E-state index contributed by atoms with van der Waals surface area (Å²) in [5.74, 6) is -1.91. The Morgan fingerprint density at radius 2 is 1.08 bits per heavy atom. The zero-order valence-electron chi connectivity index (χ0n) is 14.0. The average molecular weight is 437 g/mol. The molecule has 126 valence electrons. The third kappa shape index (κ3) is 4.29. The van der Waals surface area contributed by atoms with Crippen LogP contribution in [0.25, 0.3) is 0 Å². The minimum atomic E-state index is -0.694. The predicted molar refractivity (Wildman–Crippen MR) is 90.3 cm³/mol. The maximum atomic E-state index is 10.8. The van der Waals surface area contributed by atoms with Gasteiger partial charge >= 0.3 is 11.9 Å². The zero-order chi connectivity index (χ0) is 17.1. The molecule has 0 fully saturated rings. The summed E-state index contributed by atoms with van der Waals surface area (Å²) in [6.45, 7) is 0. The Kier molecular flexibility index (Phi) is 6.75. The van der Waals surface area contributed by atoms with E-state index in [0.29, 0.717) is 0 Å². The molecule has 0 saturated carbocycles. The Bertz CT molecular complexity index is 706. The number of benzene rings is 2. The molecule has 25 heavy (non-hydrogen) atoms. The van der Waals surface area contributed by atoms with Gasteiger partial charge in [0.1, 0.15) is 0 Å². The molecule has 0 saturated heterocycles. The molecule has 2 aliphatic carbocycles. The summed E-state index contributed by atoms with van der Waals surface area (Å²) in [5.41, 5.74) is 4.41. The number of carbonyl (C=O) groups is 2. The molecule has 0 bridgehead atoms. The second kappa shape index (κ2) is 8.60. The number of rotatable bonds is 2. The van der Waals surface area contributed by atoms with E-state index in [1.54, 1.807) is 0 Å². The van der Waals surface area contributed by atoms with Gasteiger partial charge in [0.2, 0.25) is 0 Å². The molecule has 5 heteroatoms. The first-order valence-corrected chi connectivity index (χ1v) is 8.19. The quantitative estimate of drug-likeness (QED) is 0.705. The van der Waals surface area contributed by atoms with E-state index >= 15 is 0 Å². The third-order valence-electron chi connectivity index (χ3n) is 4.86. The molecule has 4 rings (SSSR count). The van der Waals surface area contributed by atoms with Crippen LogP contribution in [-0.2, 0) is 49.7 Å². The summed E-state index contributed by atoms with van der Waals surface area (Å²) in [6.07, 6.45) is 3.34. The molecule has 0 heterocycles. The van der Waals surface area contributed by atoms with Crippen LogP contribution in [0.3, 0.4) is 0 Å². The van der Waals surface area contributed by atoms with Crippen molar-refractivity contribution < 1.29 is 47.1 Å². The molecule has 0 amide bonds. The fourth-order valence-electron chi connectivity index (χ4n) is 3.63. The van der Waals surface area contributed by atoms with Crippen molar-refractivity contribution in [2.75, 3.05) is 0 Å². The Hall–Kier alpha value is -1.70. The first-order valence-electron chi connectivity index (χ1n) is 8.19. The summed E-state index contributed by atoms with van der Waals surface area (Å²) in [4.78, 5) is 21.5. The monoisotopic (exact) mass is 438 g/mol. The Morgan fingerprint density at radius 3 is 1.44 bits per heavy atom. The van der Waals surface area contributed by atoms with E-state index < -0.39 is 11.9 Å². The largest absolute Gasteiger partial charge is 0.481 e. The fourth-order valence-corrected chi connectivity index (χ4v) is 3.63. The molecule has 4 nitrogen and oxygen atoms in total. The SMILES string of the molecule is O=C(O)C1CCc2ccccc21.O=C(O)C1CCc2ccccc21.[Cd]. The van der Waals surface area contributed by atoms with Gasteiger partial charge in [0, 0.05) is 27.3 Å². The van der Waals surface area contributed by atoms with Crippen LogP contribution < -0.4 is 0 Å². The van der Waals surface area contributed by atoms with Crippen LogP contribution in [0.2, 0.25) is 0 Å². The molecular formula is C20H20CdO4. The molecule has 2 atom stereocenters. The maximum absolute atomic E-state index is 10.8. The topological polar surface area (TPSA) is 74.6 Å². The van der Waals surface area contributed by atoms with Crippen LogP contribution in [0, 0.1) is 0 Å². The van der Waals surface area contributed by atoms with Gasteiger partial charge in [-0.3, -0.25) is 9.59 Å². The molecule has 0 spiro atoms. The van der Waals surface area contributed by atoms with Crippen molar-refractivity contribution >= 4 is 11.9 Å². The normalized spacial score (nSPS) is 19.7. The molecule has 2 aliphatic rings. The minimum Gasteiger partial charge on any atom is -0.481 e. The van der Waals surface area contributed by atoms with Gasteiger partial charge in [-0.25, -0.2) is 0 Å². The first kappa shape index (κ1) is 19.6. The van der Waals surface area contributed by atoms with Gasteiger partial charge in [0.05, 0.1) is 11.8 Å². The summed E-state index contributed by atoms with van der Waals surface area (Å²) >= 11 is 0. The molecule has 2 N–H and O–H groups in total. The van der Waals surface area contributed by atoms with Crippen molar-refractivity contribution in [1.82, 2.24) is 0 Å². The van der Waals surface area contributed by atoms with Gasteiger partial charge in [-0.1, -0.05) is 48.5 Å². The summed E-state index contributed by atoms with van der Waals surface area (Å²) in [6, 6.07) is 15.6. The van der Waals surface area contributed by atoms with Gasteiger partial charge in [-0.15, -0.1) is 0 Å². The summed E-state index contributed by atoms with van der Waals surface area (Å²) < 4.78 is 0. The van der Waals surface area contributed by atoms with E-state index in [1.807, 2.05) is 48.5 Å². The molecule has 2 aromatic rings. The number of carboxylic acids is 2. The number of carboxylic acid groups (broad SMARTS) is 2. The molecule has 0 aliphatic heterocycles. The average Bonchev–Trinajstić information content (AvgIpc) is 3.19. The molecule has 2 unspecified atom stereocenters. The molecule has 0 radical (unpaired) electrons. The molecule has 0 aromatic heterocycles. The maximum Gasteiger partial charge on any atom is 0.310 e. The van der Waals surface area contributed by atoms with E-state index in [2.05, 4.69) is 0 Å². The Morgan fingerprint density at radius 1 is 0.720 bits per heavy atom. The van der Waals surface area contributed by atoms with Crippen LogP contribution in [0.5, 0.6) is 0 Å². The Labute approximate surface area is 167 Å². The van der Waals surface area contributed by atoms with E-state index in [0.717, 1.165) is 36.8 Å². The van der Waals surface area contributed by atoms with Crippen molar-refractivity contribution in [2.24, 2.45) is 0 Å². The number of aryl methyl sites for hydroxylation is 2. The van der Waals surface area contributed by atoms with Crippen LogP contribution in [0.1, 0.15) is 46.9 Å².